The number of para-hydroxylation sites is 1. The molecule has 4 rings (SSSR count). The van der Waals surface area contributed by atoms with Crippen molar-refractivity contribution in [2.75, 3.05) is 11.9 Å². The molecule has 2 atom stereocenters. The molecule has 2 heterocycles. The van der Waals surface area contributed by atoms with Crippen LogP contribution in [-0.2, 0) is 6.54 Å². The van der Waals surface area contributed by atoms with Crippen molar-refractivity contribution >= 4 is 5.69 Å². The van der Waals surface area contributed by atoms with Crippen LogP contribution in [0.3, 0.4) is 0 Å². The molecule has 0 radical (unpaired) electrons. The van der Waals surface area contributed by atoms with Crippen LogP contribution < -0.4 is 10.6 Å². The van der Waals surface area contributed by atoms with Crippen molar-refractivity contribution in [2.45, 2.75) is 24.9 Å². The fourth-order valence-corrected chi connectivity index (χ4v) is 3.27. The quantitative estimate of drug-likeness (QED) is 0.763. The maximum absolute atomic E-state index is 3.58. The van der Waals surface area contributed by atoms with E-state index >= 15 is 0 Å². The van der Waals surface area contributed by atoms with E-state index in [2.05, 4.69) is 66.1 Å². The zero-order chi connectivity index (χ0) is 12.9. The van der Waals surface area contributed by atoms with Crippen molar-refractivity contribution < 1.29 is 0 Å². The molecule has 0 spiro atoms. The Labute approximate surface area is 113 Å². The normalized spacial score (nSPS) is 27.7. The molecule has 2 aliphatic heterocycles. The molecule has 0 aliphatic carbocycles. The number of benzene rings is 2. The summed E-state index contributed by atoms with van der Waals surface area (Å²) in [5, 5.41) is 7.15. The fraction of sp³-hybridized carbons (Fsp3) is 0.294. The Bertz CT molecular complexity index is 581. The van der Waals surface area contributed by atoms with E-state index < -0.39 is 0 Å². The predicted octanol–water partition coefficient (Wildman–Crippen LogP) is 3.11. The Kier molecular flexibility index (Phi) is 2.24. The Morgan fingerprint density at radius 3 is 2.47 bits per heavy atom. The van der Waals surface area contributed by atoms with Crippen LogP contribution in [-0.4, -0.2) is 12.1 Å². The van der Waals surface area contributed by atoms with Gasteiger partial charge in [0.15, 0.2) is 0 Å². The van der Waals surface area contributed by atoms with Crippen molar-refractivity contribution in [3.05, 3.63) is 65.2 Å². The molecular formula is C17H18N2. The summed E-state index contributed by atoms with van der Waals surface area (Å²) in [6.07, 6.45) is 0. The molecule has 2 aromatic rings. The minimum atomic E-state index is 0.207. The van der Waals surface area contributed by atoms with E-state index in [1.807, 2.05) is 0 Å². The van der Waals surface area contributed by atoms with E-state index in [0.717, 1.165) is 13.1 Å². The topological polar surface area (TPSA) is 34.0 Å². The molecule has 1 fully saturated rings. The fourth-order valence-electron chi connectivity index (χ4n) is 3.27. The second kappa shape index (κ2) is 3.84. The summed E-state index contributed by atoms with van der Waals surface area (Å²) in [7, 11) is 0. The third kappa shape index (κ3) is 1.67. The second-order valence-corrected chi connectivity index (χ2v) is 5.84. The Morgan fingerprint density at radius 2 is 1.68 bits per heavy atom. The van der Waals surface area contributed by atoms with E-state index in [1.54, 1.807) is 0 Å². The van der Waals surface area contributed by atoms with Gasteiger partial charge < -0.3 is 10.6 Å². The molecule has 2 aliphatic rings. The highest BCUT2D eigenvalue weighted by molar-refractivity contribution is 5.61. The van der Waals surface area contributed by atoms with E-state index in [1.165, 1.54) is 22.4 Å². The first-order chi connectivity index (χ1) is 9.28. The summed E-state index contributed by atoms with van der Waals surface area (Å²) in [5.74, 6) is 0.440. The van der Waals surface area contributed by atoms with E-state index in [4.69, 9.17) is 0 Å². The molecule has 0 bridgehead atoms. The van der Waals surface area contributed by atoms with Crippen LogP contribution >= 0.6 is 0 Å². The first kappa shape index (κ1) is 11.1. The number of fused-ring (bicyclic) bond motifs is 2. The smallest absolute Gasteiger partial charge is 0.0403 e. The standard InChI is InChI=1S/C17H18N2/c1-17(11-19-17)16-13-7-3-2-6-12(13)10-18-15-9-5-4-8-14(15)16/h2-9,16,18-19H,10-11H2,1H3. The van der Waals surface area contributed by atoms with Crippen molar-refractivity contribution in [3.63, 3.8) is 0 Å². The van der Waals surface area contributed by atoms with Crippen molar-refractivity contribution in [1.29, 1.82) is 0 Å². The maximum Gasteiger partial charge on any atom is 0.0403 e. The third-order valence-electron chi connectivity index (χ3n) is 4.48. The molecule has 0 amide bonds. The van der Waals surface area contributed by atoms with Gasteiger partial charge in [0.1, 0.15) is 0 Å². The zero-order valence-corrected chi connectivity index (χ0v) is 11.1. The Morgan fingerprint density at radius 1 is 1.00 bits per heavy atom. The van der Waals surface area contributed by atoms with Crippen molar-refractivity contribution in [3.8, 4) is 0 Å². The maximum atomic E-state index is 3.58. The molecule has 96 valence electrons. The van der Waals surface area contributed by atoms with Gasteiger partial charge in [0, 0.05) is 30.2 Å². The summed E-state index contributed by atoms with van der Waals surface area (Å²) in [4.78, 5) is 0. The van der Waals surface area contributed by atoms with Gasteiger partial charge in [0.25, 0.3) is 0 Å². The minimum absolute atomic E-state index is 0.207. The highest BCUT2D eigenvalue weighted by Crippen LogP contribution is 2.45. The highest BCUT2D eigenvalue weighted by atomic mass is 15.2. The van der Waals surface area contributed by atoms with Gasteiger partial charge in [-0.25, -0.2) is 0 Å². The van der Waals surface area contributed by atoms with Gasteiger partial charge in [-0.2, -0.15) is 0 Å². The Hall–Kier alpha value is -1.80. The number of hydrogen-bond acceptors (Lipinski definition) is 2. The molecule has 0 aromatic heterocycles. The molecule has 2 aromatic carbocycles. The third-order valence-corrected chi connectivity index (χ3v) is 4.48. The summed E-state index contributed by atoms with van der Waals surface area (Å²) in [5.41, 5.74) is 5.78. The molecule has 2 unspecified atom stereocenters. The molecule has 0 saturated carbocycles. The van der Waals surface area contributed by atoms with E-state index in [9.17, 15) is 0 Å². The lowest BCUT2D eigenvalue weighted by molar-refractivity contribution is 0.603. The van der Waals surface area contributed by atoms with Crippen LogP contribution in [0.25, 0.3) is 0 Å². The molecule has 2 heteroatoms. The number of anilines is 1. The lowest BCUT2D eigenvalue weighted by Gasteiger charge is -2.24. The van der Waals surface area contributed by atoms with E-state index in [0.29, 0.717) is 5.92 Å². The SMILES string of the molecule is CC1(C2c3ccccc3CNc3ccccc32)CN1. The lowest BCUT2D eigenvalue weighted by atomic mass is 9.79. The Balaban J connectivity index is 1.96. The largest absolute Gasteiger partial charge is 0.381 e. The minimum Gasteiger partial charge on any atom is -0.381 e. The van der Waals surface area contributed by atoms with Crippen LogP contribution in [0.15, 0.2) is 48.5 Å². The van der Waals surface area contributed by atoms with Gasteiger partial charge in [-0.1, -0.05) is 42.5 Å². The average molecular weight is 250 g/mol. The van der Waals surface area contributed by atoms with Crippen LogP contribution in [0, 0.1) is 0 Å². The molecular weight excluding hydrogens is 232 g/mol. The lowest BCUT2D eigenvalue weighted by Crippen LogP contribution is -2.23. The van der Waals surface area contributed by atoms with Crippen LogP contribution in [0.2, 0.25) is 0 Å². The first-order valence-corrected chi connectivity index (χ1v) is 6.93. The van der Waals surface area contributed by atoms with Gasteiger partial charge >= 0.3 is 0 Å². The van der Waals surface area contributed by atoms with Crippen molar-refractivity contribution in [1.82, 2.24) is 5.32 Å². The van der Waals surface area contributed by atoms with Crippen LogP contribution in [0.4, 0.5) is 5.69 Å². The van der Waals surface area contributed by atoms with Gasteiger partial charge in [0.2, 0.25) is 0 Å². The van der Waals surface area contributed by atoms with Gasteiger partial charge in [-0.05, 0) is 29.7 Å². The van der Waals surface area contributed by atoms with Gasteiger partial charge in [-0.3, -0.25) is 0 Å². The highest BCUT2D eigenvalue weighted by Gasteiger charge is 2.47. The summed E-state index contributed by atoms with van der Waals surface area (Å²) in [6, 6.07) is 17.5. The molecule has 1 saturated heterocycles. The van der Waals surface area contributed by atoms with Gasteiger partial charge in [0.05, 0.1) is 0 Å². The number of hydrogen-bond donors (Lipinski definition) is 2. The average Bonchev–Trinajstić information content (AvgIpc) is 3.20. The molecule has 19 heavy (non-hydrogen) atoms. The van der Waals surface area contributed by atoms with Crippen LogP contribution in [0.5, 0.6) is 0 Å². The predicted molar refractivity (Wildman–Crippen MR) is 78.5 cm³/mol. The van der Waals surface area contributed by atoms with E-state index in [-0.39, 0.29) is 5.54 Å². The number of nitrogens with one attached hydrogen (secondary N) is 2. The number of rotatable bonds is 1. The molecule has 2 N–H and O–H groups in total. The summed E-state index contributed by atoms with van der Waals surface area (Å²) >= 11 is 0. The zero-order valence-electron chi connectivity index (χ0n) is 11.1. The monoisotopic (exact) mass is 250 g/mol. The molecule has 2 nitrogen and oxygen atoms in total. The van der Waals surface area contributed by atoms with Crippen molar-refractivity contribution in [2.24, 2.45) is 0 Å². The van der Waals surface area contributed by atoms with Crippen LogP contribution in [0.1, 0.15) is 29.5 Å². The first-order valence-electron chi connectivity index (χ1n) is 6.93. The summed E-state index contributed by atoms with van der Waals surface area (Å²) in [6.45, 7) is 4.34. The summed E-state index contributed by atoms with van der Waals surface area (Å²) < 4.78 is 0. The second-order valence-electron chi connectivity index (χ2n) is 5.84. The van der Waals surface area contributed by atoms with Gasteiger partial charge in [-0.15, -0.1) is 0 Å².